The molecule has 8 nitrogen and oxygen atoms in total. The average Bonchev–Trinajstić information content (AvgIpc) is 2.75. The van der Waals surface area contributed by atoms with Crippen LogP contribution in [0.3, 0.4) is 0 Å². The highest BCUT2D eigenvalue weighted by atomic mass is 32.2. The summed E-state index contributed by atoms with van der Waals surface area (Å²) in [5, 5.41) is 4.51. The number of urea groups is 1. The van der Waals surface area contributed by atoms with Crippen molar-refractivity contribution in [3.63, 3.8) is 0 Å². The topological polar surface area (TPSA) is 130 Å². The molecule has 13 heteroatoms. The molecular formula is C21H16F4N4O4S. The summed E-state index contributed by atoms with van der Waals surface area (Å²) in [4.78, 5) is 23.0. The number of sulfonamides is 1. The van der Waals surface area contributed by atoms with Gasteiger partial charge in [0.05, 0.1) is 16.1 Å². The molecule has 0 heterocycles. The molecule has 3 rings (SSSR count). The van der Waals surface area contributed by atoms with Crippen LogP contribution in [0, 0.1) is 5.82 Å². The van der Waals surface area contributed by atoms with Gasteiger partial charge in [0, 0.05) is 16.9 Å². The molecule has 34 heavy (non-hydrogen) atoms. The summed E-state index contributed by atoms with van der Waals surface area (Å²) < 4.78 is 79.3. The van der Waals surface area contributed by atoms with Crippen molar-refractivity contribution in [2.24, 2.45) is 5.73 Å². The van der Waals surface area contributed by atoms with E-state index in [1.54, 1.807) is 0 Å². The van der Waals surface area contributed by atoms with E-state index >= 15 is 0 Å². The number of hydrogen-bond acceptors (Lipinski definition) is 4. The van der Waals surface area contributed by atoms with Crippen molar-refractivity contribution >= 4 is 39.0 Å². The number of amides is 3. The highest BCUT2D eigenvalue weighted by molar-refractivity contribution is 7.92. The first-order valence-electron chi connectivity index (χ1n) is 9.33. The zero-order valence-corrected chi connectivity index (χ0v) is 17.8. The van der Waals surface area contributed by atoms with Crippen LogP contribution in [-0.4, -0.2) is 20.4 Å². The first kappa shape index (κ1) is 24.5. The van der Waals surface area contributed by atoms with Crippen LogP contribution in [0.5, 0.6) is 0 Å². The molecule has 3 aromatic rings. The second-order valence-electron chi connectivity index (χ2n) is 6.85. The lowest BCUT2D eigenvalue weighted by Crippen LogP contribution is -2.20. The van der Waals surface area contributed by atoms with Gasteiger partial charge in [0.1, 0.15) is 5.82 Å². The number of benzene rings is 3. The Morgan fingerprint density at radius 1 is 0.853 bits per heavy atom. The standard InChI is InChI=1S/C21H16F4N4O4S/c22-17-9-6-14(11-18(17)28-20(26)31)27-19(30)12-4-7-16(8-5-12)34(32,33)29-15-3-1-2-13(10-15)21(23,24)25/h1-11,29H,(H,27,30)(H3,26,28,31). The Kier molecular flexibility index (Phi) is 6.77. The van der Waals surface area contributed by atoms with Crippen molar-refractivity contribution in [1.82, 2.24) is 0 Å². The zero-order chi connectivity index (χ0) is 25.1. The molecule has 0 aliphatic carbocycles. The Morgan fingerprint density at radius 2 is 1.53 bits per heavy atom. The van der Waals surface area contributed by atoms with Crippen LogP contribution in [0.25, 0.3) is 0 Å². The van der Waals surface area contributed by atoms with Gasteiger partial charge in [-0.05, 0) is 60.7 Å². The summed E-state index contributed by atoms with van der Waals surface area (Å²) in [6.07, 6.45) is -4.64. The molecule has 0 aliphatic rings. The van der Waals surface area contributed by atoms with Gasteiger partial charge in [-0.3, -0.25) is 9.52 Å². The van der Waals surface area contributed by atoms with Crippen molar-refractivity contribution in [2.45, 2.75) is 11.1 Å². The predicted octanol–water partition coefficient (Wildman–Crippen LogP) is 4.39. The fraction of sp³-hybridized carbons (Fsp3) is 0.0476. The third-order valence-corrected chi connectivity index (χ3v) is 5.75. The maximum Gasteiger partial charge on any atom is 0.416 e. The maximum absolute atomic E-state index is 13.7. The number of nitrogens with two attached hydrogens (primary N) is 1. The van der Waals surface area contributed by atoms with E-state index in [4.69, 9.17) is 5.73 Å². The molecule has 0 radical (unpaired) electrons. The van der Waals surface area contributed by atoms with E-state index in [1.165, 1.54) is 24.3 Å². The Hall–Kier alpha value is -4.13. The lowest BCUT2D eigenvalue weighted by atomic mass is 10.2. The maximum atomic E-state index is 13.7. The second-order valence-corrected chi connectivity index (χ2v) is 8.53. The van der Waals surface area contributed by atoms with Crippen molar-refractivity contribution < 1.29 is 35.6 Å². The van der Waals surface area contributed by atoms with Gasteiger partial charge in [-0.2, -0.15) is 13.2 Å². The highest BCUT2D eigenvalue weighted by Crippen LogP contribution is 2.31. The highest BCUT2D eigenvalue weighted by Gasteiger charge is 2.30. The Labute approximate surface area is 190 Å². The van der Waals surface area contributed by atoms with Gasteiger partial charge in [-0.1, -0.05) is 6.07 Å². The minimum absolute atomic E-state index is 0.0340. The third kappa shape index (κ3) is 6.01. The third-order valence-electron chi connectivity index (χ3n) is 4.35. The number of alkyl halides is 3. The first-order valence-corrected chi connectivity index (χ1v) is 10.8. The molecule has 0 saturated heterocycles. The fourth-order valence-electron chi connectivity index (χ4n) is 2.79. The molecule has 178 valence electrons. The smallest absolute Gasteiger partial charge is 0.351 e. The molecule has 0 saturated carbocycles. The second kappa shape index (κ2) is 9.39. The Balaban J connectivity index is 1.74. The van der Waals surface area contributed by atoms with Crippen molar-refractivity contribution in [2.75, 3.05) is 15.4 Å². The van der Waals surface area contributed by atoms with Gasteiger partial charge in [-0.15, -0.1) is 0 Å². The Bertz CT molecular complexity index is 1340. The van der Waals surface area contributed by atoms with E-state index < -0.39 is 39.5 Å². The van der Waals surface area contributed by atoms with E-state index in [1.807, 2.05) is 0 Å². The van der Waals surface area contributed by atoms with Crippen LogP contribution in [0.15, 0.2) is 71.6 Å². The summed E-state index contributed by atoms with van der Waals surface area (Å²) >= 11 is 0. The van der Waals surface area contributed by atoms with E-state index in [0.29, 0.717) is 6.07 Å². The summed E-state index contributed by atoms with van der Waals surface area (Å²) in [5.41, 5.74) is 3.55. The van der Waals surface area contributed by atoms with Crippen LogP contribution in [0.4, 0.5) is 39.4 Å². The zero-order valence-electron chi connectivity index (χ0n) is 17.0. The SMILES string of the molecule is NC(=O)Nc1cc(NC(=O)c2ccc(S(=O)(=O)Nc3cccc(C(F)(F)F)c3)cc2)ccc1F. The quantitative estimate of drug-likeness (QED) is 0.377. The van der Waals surface area contributed by atoms with Gasteiger partial charge >= 0.3 is 12.2 Å². The van der Waals surface area contributed by atoms with Crippen molar-refractivity contribution in [3.05, 3.63) is 83.7 Å². The van der Waals surface area contributed by atoms with E-state index in [0.717, 1.165) is 36.4 Å². The largest absolute Gasteiger partial charge is 0.416 e. The van der Waals surface area contributed by atoms with Gasteiger partial charge in [0.15, 0.2) is 0 Å². The Morgan fingerprint density at radius 3 is 2.15 bits per heavy atom. The monoisotopic (exact) mass is 496 g/mol. The van der Waals surface area contributed by atoms with Crippen molar-refractivity contribution in [3.8, 4) is 0 Å². The average molecular weight is 496 g/mol. The molecule has 0 aromatic heterocycles. The number of primary amides is 1. The van der Waals surface area contributed by atoms with E-state index in [9.17, 15) is 35.6 Å². The lowest BCUT2D eigenvalue weighted by Gasteiger charge is -2.12. The molecule has 0 fully saturated rings. The minimum Gasteiger partial charge on any atom is -0.351 e. The molecule has 0 unspecified atom stereocenters. The number of rotatable bonds is 6. The van der Waals surface area contributed by atoms with Gasteiger partial charge < -0.3 is 16.4 Å². The van der Waals surface area contributed by atoms with E-state index in [-0.39, 0.29) is 27.5 Å². The van der Waals surface area contributed by atoms with E-state index in [2.05, 4.69) is 15.4 Å². The molecule has 0 spiro atoms. The predicted molar refractivity (Wildman–Crippen MR) is 116 cm³/mol. The summed E-state index contributed by atoms with van der Waals surface area (Å²) in [6, 6.07) is 10.6. The van der Waals surface area contributed by atoms with Crippen LogP contribution in [0.2, 0.25) is 0 Å². The molecule has 0 aliphatic heterocycles. The normalized spacial score (nSPS) is 11.5. The summed E-state index contributed by atoms with van der Waals surface area (Å²) in [7, 11) is -4.24. The van der Waals surface area contributed by atoms with Crippen LogP contribution >= 0.6 is 0 Å². The molecular weight excluding hydrogens is 480 g/mol. The number of hydrogen-bond donors (Lipinski definition) is 4. The lowest BCUT2D eigenvalue weighted by molar-refractivity contribution is -0.137. The molecule has 0 bridgehead atoms. The molecule has 0 atom stereocenters. The number of anilines is 3. The molecule has 3 amide bonds. The number of nitrogens with one attached hydrogen (secondary N) is 3. The number of carbonyl (C=O) groups is 2. The first-order chi connectivity index (χ1) is 15.8. The molecule has 3 aromatic carbocycles. The number of carbonyl (C=O) groups excluding carboxylic acids is 2. The molecule has 5 N–H and O–H groups in total. The van der Waals surface area contributed by atoms with Crippen LogP contribution in [0.1, 0.15) is 15.9 Å². The van der Waals surface area contributed by atoms with Gasteiger partial charge in [-0.25, -0.2) is 17.6 Å². The minimum atomic E-state index is -4.64. The van der Waals surface area contributed by atoms with Crippen LogP contribution in [-0.2, 0) is 16.2 Å². The summed E-state index contributed by atoms with van der Waals surface area (Å²) in [5.74, 6) is -1.45. The van der Waals surface area contributed by atoms with Gasteiger partial charge in [0.2, 0.25) is 0 Å². The van der Waals surface area contributed by atoms with Crippen molar-refractivity contribution in [1.29, 1.82) is 0 Å². The van der Waals surface area contributed by atoms with Crippen LogP contribution < -0.4 is 21.1 Å². The summed E-state index contributed by atoms with van der Waals surface area (Å²) in [6.45, 7) is 0. The fourth-order valence-corrected chi connectivity index (χ4v) is 3.84. The number of halogens is 4. The van der Waals surface area contributed by atoms with Gasteiger partial charge in [0.25, 0.3) is 15.9 Å².